The Hall–Kier alpha value is -3.69. The summed E-state index contributed by atoms with van der Waals surface area (Å²) in [6.07, 6.45) is 1.66. The smallest absolute Gasteiger partial charge is 0.296 e. The number of aromatic nitrogens is 3. The maximum atomic E-state index is 13.1. The van der Waals surface area contributed by atoms with Crippen LogP contribution in [0.5, 0.6) is 10.9 Å². The number of halogens is 1. The third-order valence-electron chi connectivity index (χ3n) is 4.92. The molecule has 0 bridgehead atoms. The molecule has 0 radical (unpaired) electrons. The van der Waals surface area contributed by atoms with E-state index in [0.29, 0.717) is 46.5 Å². The molecule has 33 heavy (non-hydrogen) atoms. The fourth-order valence-electron chi connectivity index (χ4n) is 3.39. The van der Waals surface area contributed by atoms with Crippen LogP contribution in [0.3, 0.4) is 0 Å². The highest BCUT2D eigenvalue weighted by Gasteiger charge is 2.25. The summed E-state index contributed by atoms with van der Waals surface area (Å²) in [5.41, 5.74) is 2.24. The van der Waals surface area contributed by atoms with Gasteiger partial charge in [0.25, 0.3) is 11.1 Å². The summed E-state index contributed by atoms with van der Waals surface area (Å²) in [4.78, 5) is 19.5. The molecule has 0 saturated heterocycles. The maximum Gasteiger partial charge on any atom is 0.296 e. The molecule has 0 aliphatic carbocycles. The molecule has 1 aliphatic heterocycles. The molecule has 1 amide bonds. The molecule has 8 nitrogen and oxygen atoms in total. The molecule has 0 fully saturated rings. The minimum Gasteiger partial charge on any atom is -0.490 e. The summed E-state index contributed by atoms with van der Waals surface area (Å²) in [5.74, 6) is 0.976. The van der Waals surface area contributed by atoms with E-state index in [0.717, 1.165) is 28.3 Å². The number of pyridine rings is 1. The van der Waals surface area contributed by atoms with Crippen LogP contribution >= 0.6 is 22.9 Å². The van der Waals surface area contributed by atoms with Gasteiger partial charge in [-0.1, -0.05) is 41.0 Å². The summed E-state index contributed by atoms with van der Waals surface area (Å²) >= 11 is 7.05. The Morgan fingerprint density at radius 1 is 1.12 bits per heavy atom. The first-order chi connectivity index (χ1) is 16.2. The van der Waals surface area contributed by atoms with Crippen molar-refractivity contribution < 1.29 is 14.3 Å². The van der Waals surface area contributed by atoms with Gasteiger partial charge in [-0.05, 0) is 53.3 Å². The minimum atomic E-state index is -0.331. The van der Waals surface area contributed by atoms with Crippen LogP contribution in [0.25, 0.3) is 0 Å². The molecule has 3 heterocycles. The topological polar surface area (TPSA) is 89.5 Å². The summed E-state index contributed by atoms with van der Waals surface area (Å²) in [6, 6.07) is 18.5. The summed E-state index contributed by atoms with van der Waals surface area (Å²) in [6.45, 7) is 1.40. The molecule has 1 N–H and O–H groups in total. The lowest BCUT2D eigenvalue weighted by Gasteiger charge is -2.31. The van der Waals surface area contributed by atoms with E-state index < -0.39 is 0 Å². The van der Waals surface area contributed by atoms with Gasteiger partial charge in [0, 0.05) is 11.2 Å². The Bertz CT molecular complexity index is 1280. The number of nitrogens with one attached hydrogen (secondary N) is 1. The van der Waals surface area contributed by atoms with Crippen LogP contribution < -0.4 is 19.7 Å². The molecular formula is C23H18ClN5O3S. The van der Waals surface area contributed by atoms with Gasteiger partial charge in [-0.2, -0.15) is 0 Å². The van der Waals surface area contributed by atoms with E-state index in [1.165, 1.54) is 0 Å². The zero-order valence-electron chi connectivity index (χ0n) is 17.3. The lowest BCUT2D eigenvalue weighted by molar-refractivity contribution is 0.102. The summed E-state index contributed by atoms with van der Waals surface area (Å²) < 4.78 is 11.4. The van der Waals surface area contributed by atoms with Crippen LogP contribution in [-0.4, -0.2) is 34.2 Å². The highest BCUT2D eigenvalue weighted by atomic mass is 35.5. The predicted octanol–water partition coefficient (Wildman–Crippen LogP) is 4.95. The van der Waals surface area contributed by atoms with Crippen LogP contribution in [0.4, 0.5) is 16.6 Å². The average molecular weight is 480 g/mol. The van der Waals surface area contributed by atoms with E-state index in [4.69, 9.17) is 21.1 Å². The Labute approximate surface area is 198 Å². The van der Waals surface area contributed by atoms with Gasteiger partial charge in [-0.25, -0.2) is 4.98 Å². The number of benzene rings is 2. The van der Waals surface area contributed by atoms with Crippen molar-refractivity contribution in [2.75, 3.05) is 23.4 Å². The van der Waals surface area contributed by atoms with Crippen molar-refractivity contribution in [3.63, 3.8) is 0 Å². The van der Waals surface area contributed by atoms with Crippen molar-refractivity contribution in [2.45, 2.75) is 6.61 Å². The molecule has 10 heteroatoms. The van der Waals surface area contributed by atoms with Gasteiger partial charge in [0.2, 0.25) is 5.13 Å². The zero-order chi connectivity index (χ0) is 22.6. The van der Waals surface area contributed by atoms with Crippen molar-refractivity contribution in [1.82, 2.24) is 15.2 Å². The average Bonchev–Trinajstić information content (AvgIpc) is 3.30. The van der Waals surface area contributed by atoms with Gasteiger partial charge in [-0.3, -0.25) is 10.1 Å². The second kappa shape index (κ2) is 9.43. The predicted molar refractivity (Wildman–Crippen MR) is 127 cm³/mol. The third-order valence-corrected chi connectivity index (χ3v) is 5.92. The van der Waals surface area contributed by atoms with Crippen LogP contribution in [0.1, 0.15) is 15.9 Å². The number of hydrogen-bond acceptors (Lipinski definition) is 8. The first-order valence-electron chi connectivity index (χ1n) is 10.1. The fraction of sp³-hybridized carbons (Fsp3) is 0.130. The number of ether oxygens (including phenoxy) is 2. The monoisotopic (exact) mass is 479 g/mol. The number of para-hydroxylation sites is 2. The molecule has 0 unspecified atom stereocenters. The summed E-state index contributed by atoms with van der Waals surface area (Å²) in [5, 5.41) is 12.2. The number of anilines is 3. The Morgan fingerprint density at radius 2 is 1.97 bits per heavy atom. The van der Waals surface area contributed by atoms with E-state index in [9.17, 15) is 4.79 Å². The largest absolute Gasteiger partial charge is 0.490 e. The molecule has 0 saturated carbocycles. The van der Waals surface area contributed by atoms with Gasteiger partial charge in [0.15, 0.2) is 0 Å². The molecule has 0 atom stereocenters. The van der Waals surface area contributed by atoms with Crippen molar-refractivity contribution >= 4 is 45.5 Å². The van der Waals surface area contributed by atoms with Crippen molar-refractivity contribution in [2.24, 2.45) is 0 Å². The number of amides is 1. The van der Waals surface area contributed by atoms with E-state index >= 15 is 0 Å². The van der Waals surface area contributed by atoms with Crippen molar-refractivity contribution in [3.8, 4) is 10.9 Å². The number of carbonyl (C=O) groups is 1. The normalized spacial score (nSPS) is 12.6. The molecule has 166 valence electrons. The second-order valence-corrected chi connectivity index (χ2v) is 8.46. The van der Waals surface area contributed by atoms with Crippen molar-refractivity contribution in [3.05, 3.63) is 83.0 Å². The molecular weight excluding hydrogens is 462 g/mol. The maximum absolute atomic E-state index is 13.1. The molecule has 1 aliphatic rings. The zero-order valence-corrected chi connectivity index (χ0v) is 18.8. The highest BCUT2D eigenvalue weighted by molar-refractivity contribution is 7.17. The first kappa shape index (κ1) is 21.2. The lowest BCUT2D eigenvalue weighted by Crippen LogP contribution is -2.31. The van der Waals surface area contributed by atoms with Crippen LogP contribution in [-0.2, 0) is 6.61 Å². The van der Waals surface area contributed by atoms with Crippen LogP contribution in [0, 0.1) is 0 Å². The quantitative estimate of drug-likeness (QED) is 0.418. The van der Waals surface area contributed by atoms with E-state index in [1.807, 2.05) is 41.3 Å². The molecule has 4 aromatic rings. The SMILES string of the molecule is O=C(Nc1nnc(OCc2ccc(Cl)cc2)s1)c1cccnc1N1CCOc2ccccc21. The molecule has 2 aromatic heterocycles. The first-order valence-corrected chi connectivity index (χ1v) is 11.3. The Kier molecular flexibility index (Phi) is 6.05. The molecule has 5 rings (SSSR count). The Morgan fingerprint density at radius 3 is 2.85 bits per heavy atom. The molecule has 2 aromatic carbocycles. The number of hydrogen-bond donors (Lipinski definition) is 1. The lowest BCUT2D eigenvalue weighted by atomic mass is 10.2. The van der Waals surface area contributed by atoms with E-state index in [-0.39, 0.29) is 5.91 Å². The van der Waals surface area contributed by atoms with Crippen LogP contribution in [0.15, 0.2) is 66.9 Å². The van der Waals surface area contributed by atoms with Gasteiger partial charge >= 0.3 is 0 Å². The minimum absolute atomic E-state index is 0.322. The van der Waals surface area contributed by atoms with Gasteiger partial charge < -0.3 is 14.4 Å². The highest BCUT2D eigenvalue weighted by Crippen LogP contribution is 2.37. The van der Waals surface area contributed by atoms with Crippen LogP contribution in [0.2, 0.25) is 5.02 Å². The second-order valence-electron chi connectivity index (χ2n) is 7.08. The number of nitrogens with zero attached hydrogens (tertiary/aromatic N) is 4. The van der Waals surface area contributed by atoms with E-state index in [2.05, 4.69) is 20.5 Å². The fourth-order valence-corrected chi connectivity index (χ4v) is 4.10. The van der Waals surface area contributed by atoms with E-state index in [1.54, 1.807) is 30.5 Å². The van der Waals surface area contributed by atoms with Gasteiger partial charge in [0.1, 0.15) is 24.8 Å². The Balaban J connectivity index is 1.30. The standard InChI is InChI=1S/C23H18ClN5O3S/c24-16-9-7-15(8-10-16)14-32-23-28-27-22(33-23)26-21(30)17-4-3-11-25-20(17)29-12-13-31-19-6-2-1-5-18(19)29/h1-11H,12-14H2,(H,26,27,30). The van der Waals surface area contributed by atoms with Crippen molar-refractivity contribution in [1.29, 1.82) is 0 Å². The molecule has 0 spiro atoms. The number of fused-ring (bicyclic) bond motifs is 1. The van der Waals surface area contributed by atoms with Gasteiger partial charge in [-0.15, -0.1) is 5.10 Å². The number of rotatable bonds is 6. The van der Waals surface area contributed by atoms with Gasteiger partial charge in [0.05, 0.1) is 17.8 Å². The number of carbonyl (C=O) groups excluding carboxylic acids is 1. The summed E-state index contributed by atoms with van der Waals surface area (Å²) in [7, 11) is 0. The third kappa shape index (κ3) is 4.74.